The van der Waals surface area contributed by atoms with Gasteiger partial charge in [0.1, 0.15) is 11.7 Å². The zero-order chi connectivity index (χ0) is 24.3. The van der Waals surface area contributed by atoms with Crippen LogP contribution in [0.4, 0.5) is 5.82 Å². The molecule has 3 aliphatic heterocycles. The summed E-state index contributed by atoms with van der Waals surface area (Å²) < 4.78 is 26.9. The molecule has 4 heterocycles. The minimum absolute atomic E-state index is 0.0909. The van der Waals surface area contributed by atoms with Crippen molar-refractivity contribution in [2.75, 3.05) is 57.3 Å². The Kier molecular flexibility index (Phi) is 7.01. The molecule has 1 atom stereocenters. The Morgan fingerprint density at radius 1 is 1.06 bits per heavy atom. The summed E-state index contributed by atoms with van der Waals surface area (Å²) in [5.74, 6) is 1.94. The standard InChI is InChI=1S/C25H32N6O3S/c32-24(10-12-27-25-21-7-1-2-8-22(21)35(33,34)28-25)31-13-5-6-20(19-31)18-29-14-16-30(17-15-29)23-9-3-4-11-26-23/h1-4,7-9,11,20H,5-6,10,12-19H2,(H,27,28). The number of pyridine rings is 1. The molecule has 3 aliphatic rings. The first kappa shape index (κ1) is 23.7. The molecule has 0 saturated carbocycles. The summed E-state index contributed by atoms with van der Waals surface area (Å²) in [6.07, 6.45) is 4.28. The van der Waals surface area contributed by atoms with Crippen molar-refractivity contribution < 1.29 is 13.2 Å². The molecule has 1 aromatic carbocycles. The minimum atomic E-state index is -3.55. The fraction of sp³-hybridized carbons (Fsp3) is 0.480. The zero-order valence-corrected chi connectivity index (χ0v) is 20.7. The third kappa shape index (κ3) is 5.48. The number of carbonyl (C=O) groups is 1. The van der Waals surface area contributed by atoms with Crippen molar-refractivity contribution in [3.63, 3.8) is 0 Å². The highest BCUT2D eigenvalue weighted by Crippen LogP contribution is 2.23. The molecule has 2 saturated heterocycles. The number of likely N-dealkylation sites (tertiary alicyclic amines) is 1. The zero-order valence-electron chi connectivity index (χ0n) is 19.8. The summed E-state index contributed by atoms with van der Waals surface area (Å²) >= 11 is 0. The molecule has 5 rings (SSSR count). The van der Waals surface area contributed by atoms with Gasteiger partial charge in [0, 0.05) is 64.0 Å². The summed E-state index contributed by atoms with van der Waals surface area (Å²) in [5.41, 5.74) is 0.570. The fourth-order valence-corrected chi connectivity index (χ4v) is 6.43. The Balaban J connectivity index is 1.09. The van der Waals surface area contributed by atoms with Crippen LogP contribution in [0, 0.1) is 5.92 Å². The predicted octanol–water partition coefficient (Wildman–Crippen LogP) is 1.57. The summed E-state index contributed by atoms with van der Waals surface area (Å²) in [7, 11) is -3.55. The fourth-order valence-electron chi connectivity index (χ4n) is 5.18. The highest BCUT2D eigenvalue weighted by Gasteiger charge is 2.30. The van der Waals surface area contributed by atoms with Crippen molar-refractivity contribution in [2.45, 2.75) is 24.2 Å². The topological polar surface area (TPSA) is 98.2 Å². The monoisotopic (exact) mass is 496 g/mol. The van der Waals surface area contributed by atoms with Gasteiger partial charge in [-0.25, -0.2) is 13.4 Å². The van der Waals surface area contributed by atoms with Gasteiger partial charge in [-0.2, -0.15) is 0 Å². The maximum absolute atomic E-state index is 12.9. The number of amides is 1. The molecular formula is C25H32N6O3S. The van der Waals surface area contributed by atoms with E-state index in [2.05, 4.69) is 30.6 Å². The van der Waals surface area contributed by atoms with E-state index in [0.29, 0.717) is 17.3 Å². The molecule has 2 fully saturated rings. The van der Waals surface area contributed by atoms with E-state index in [1.54, 1.807) is 24.3 Å². The Morgan fingerprint density at radius 3 is 2.66 bits per heavy atom. The number of hydrogen-bond acceptors (Lipinski definition) is 7. The number of aromatic nitrogens is 1. The number of carbonyl (C=O) groups excluding carboxylic acids is 1. The van der Waals surface area contributed by atoms with Crippen LogP contribution in [0.1, 0.15) is 24.8 Å². The average molecular weight is 497 g/mol. The molecule has 0 bridgehead atoms. The minimum Gasteiger partial charge on any atom is -0.354 e. The van der Waals surface area contributed by atoms with Gasteiger partial charge in [0.25, 0.3) is 10.0 Å². The number of aliphatic imine (C=N–C) groups is 1. The first-order chi connectivity index (χ1) is 17.0. The van der Waals surface area contributed by atoms with Crippen molar-refractivity contribution in [1.82, 2.24) is 19.5 Å². The molecule has 2 aromatic rings. The molecule has 9 nitrogen and oxygen atoms in total. The van der Waals surface area contributed by atoms with Crippen LogP contribution in [0.3, 0.4) is 0 Å². The SMILES string of the molecule is O=C(CCN=C1NS(=O)(=O)c2ccccc21)N1CCCC(CN2CCN(c3ccccn3)CC2)C1. The van der Waals surface area contributed by atoms with E-state index in [1.807, 2.05) is 23.2 Å². The van der Waals surface area contributed by atoms with Gasteiger partial charge >= 0.3 is 0 Å². The van der Waals surface area contributed by atoms with E-state index >= 15 is 0 Å². The number of nitrogens with zero attached hydrogens (tertiary/aromatic N) is 5. The number of rotatable bonds is 6. The normalized spacial score (nSPS) is 23.2. The lowest BCUT2D eigenvalue weighted by Crippen LogP contribution is -2.50. The molecule has 0 spiro atoms. The third-order valence-electron chi connectivity index (χ3n) is 6.99. The Morgan fingerprint density at radius 2 is 1.86 bits per heavy atom. The molecule has 10 heteroatoms. The van der Waals surface area contributed by atoms with Gasteiger partial charge in [0.05, 0.1) is 11.4 Å². The highest BCUT2D eigenvalue weighted by atomic mass is 32.2. The van der Waals surface area contributed by atoms with Crippen LogP contribution >= 0.6 is 0 Å². The number of benzene rings is 1. The number of fused-ring (bicyclic) bond motifs is 1. The molecule has 1 amide bonds. The van der Waals surface area contributed by atoms with Gasteiger partial charge in [-0.05, 0) is 43.0 Å². The largest absolute Gasteiger partial charge is 0.354 e. The number of amidine groups is 1. The van der Waals surface area contributed by atoms with E-state index < -0.39 is 10.0 Å². The molecule has 1 N–H and O–H groups in total. The Labute approximate surface area is 206 Å². The lowest BCUT2D eigenvalue weighted by atomic mass is 9.96. The van der Waals surface area contributed by atoms with Gasteiger partial charge in [-0.15, -0.1) is 0 Å². The molecule has 1 unspecified atom stereocenters. The number of anilines is 1. The maximum atomic E-state index is 12.9. The first-order valence-corrected chi connectivity index (χ1v) is 13.8. The predicted molar refractivity (Wildman–Crippen MR) is 135 cm³/mol. The van der Waals surface area contributed by atoms with Gasteiger partial charge in [-0.1, -0.05) is 18.2 Å². The van der Waals surface area contributed by atoms with E-state index in [0.717, 1.165) is 64.5 Å². The van der Waals surface area contributed by atoms with E-state index in [9.17, 15) is 13.2 Å². The first-order valence-electron chi connectivity index (χ1n) is 12.3. The highest BCUT2D eigenvalue weighted by molar-refractivity contribution is 7.90. The maximum Gasteiger partial charge on any atom is 0.263 e. The number of piperidine rings is 1. The molecule has 35 heavy (non-hydrogen) atoms. The van der Waals surface area contributed by atoms with Crippen LogP contribution in [0.2, 0.25) is 0 Å². The van der Waals surface area contributed by atoms with Gasteiger partial charge < -0.3 is 9.80 Å². The van der Waals surface area contributed by atoms with Crippen molar-refractivity contribution >= 4 is 27.6 Å². The lowest BCUT2D eigenvalue weighted by molar-refractivity contribution is -0.132. The Hall–Kier alpha value is -2.98. The van der Waals surface area contributed by atoms with E-state index in [-0.39, 0.29) is 23.8 Å². The second-order valence-electron chi connectivity index (χ2n) is 9.41. The van der Waals surface area contributed by atoms with Gasteiger partial charge in [-0.3, -0.25) is 19.4 Å². The van der Waals surface area contributed by atoms with Crippen LogP contribution in [-0.4, -0.2) is 87.3 Å². The Bertz CT molecular complexity index is 1180. The molecular weight excluding hydrogens is 464 g/mol. The van der Waals surface area contributed by atoms with E-state index in [4.69, 9.17) is 0 Å². The molecule has 186 valence electrons. The van der Waals surface area contributed by atoms with Gasteiger partial charge in [0.15, 0.2) is 0 Å². The smallest absolute Gasteiger partial charge is 0.263 e. The van der Waals surface area contributed by atoms with Crippen LogP contribution in [0.5, 0.6) is 0 Å². The van der Waals surface area contributed by atoms with Gasteiger partial charge in [0.2, 0.25) is 5.91 Å². The quantitative estimate of drug-likeness (QED) is 0.652. The summed E-state index contributed by atoms with van der Waals surface area (Å²) in [4.78, 5) is 28.8. The number of hydrogen-bond donors (Lipinski definition) is 1. The van der Waals surface area contributed by atoms with Crippen LogP contribution in [0.25, 0.3) is 0 Å². The van der Waals surface area contributed by atoms with Crippen LogP contribution < -0.4 is 9.62 Å². The number of sulfonamides is 1. The molecule has 0 radical (unpaired) electrons. The number of nitrogens with one attached hydrogen (secondary N) is 1. The third-order valence-corrected chi connectivity index (χ3v) is 8.39. The van der Waals surface area contributed by atoms with Crippen molar-refractivity contribution in [2.24, 2.45) is 10.9 Å². The summed E-state index contributed by atoms with van der Waals surface area (Å²) in [6, 6.07) is 12.8. The second kappa shape index (κ2) is 10.3. The van der Waals surface area contributed by atoms with Crippen molar-refractivity contribution in [3.05, 3.63) is 54.2 Å². The average Bonchev–Trinajstić information content (AvgIpc) is 3.15. The lowest BCUT2D eigenvalue weighted by Gasteiger charge is -2.39. The van der Waals surface area contributed by atoms with Crippen LogP contribution in [0.15, 0.2) is 58.5 Å². The van der Waals surface area contributed by atoms with Crippen molar-refractivity contribution in [3.8, 4) is 0 Å². The summed E-state index contributed by atoms with van der Waals surface area (Å²) in [5, 5.41) is 0. The molecule has 0 aliphatic carbocycles. The number of piperazine rings is 1. The van der Waals surface area contributed by atoms with Crippen LogP contribution in [-0.2, 0) is 14.8 Å². The van der Waals surface area contributed by atoms with Crippen molar-refractivity contribution in [1.29, 1.82) is 0 Å². The summed E-state index contributed by atoms with van der Waals surface area (Å²) in [6.45, 7) is 6.81. The van der Waals surface area contributed by atoms with E-state index in [1.165, 1.54) is 0 Å². The second-order valence-corrected chi connectivity index (χ2v) is 11.1. The molecule has 1 aromatic heterocycles.